The Balaban J connectivity index is 2.90. The summed E-state index contributed by atoms with van der Waals surface area (Å²) < 4.78 is 0. The molecule has 0 bridgehead atoms. The lowest BCUT2D eigenvalue weighted by Gasteiger charge is -2.13. The van der Waals surface area contributed by atoms with Crippen LogP contribution in [-0.4, -0.2) is 0 Å². The largest absolute Gasteiger partial charge is 0.0991 e. The highest BCUT2D eigenvalue weighted by Crippen LogP contribution is 2.31. The second kappa shape index (κ2) is 5.06. The van der Waals surface area contributed by atoms with Crippen LogP contribution in [0, 0.1) is 5.92 Å². The summed E-state index contributed by atoms with van der Waals surface area (Å²) in [4.78, 5) is 0. The second-order valence-corrected chi connectivity index (χ2v) is 3.82. The molecular weight excluding hydrogens is 156 g/mol. The summed E-state index contributed by atoms with van der Waals surface area (Å²) in [6.07, 6.45) is 11.6. The van der Waals surface area contributed by atoms with E-state index in [0.29, 0.717) is 0 Å². The van der Waals surface area contributed by atoms with Crippen molar-refractivity contribution in [2.45, 2.75) is 39.5 Å². The van der Waals surface area contributed by atoms with Crippen molar-refractivity contribution in [1.29, 1.82) is 0 Å². The first-order valence-corrected chi connectivity index (χ1v) is 5.27. The molecule has 0 N–H and O–H groups in total. The highest BCUT2D eigenvalue weighted by Gasteiger charge is 2.15. The van der Waals surface area contributed by atoms with Gasteiger partial charge in [-0.05, 0) is 43.3 Å². The van der Waals surface area contributed by atoms with Crippen molar-refractivity contribution in [3.05, 3.63) is 36.0 Å². The first kappa shape index (κ1) is 10.3. The molecule has 0 heteroatoms. The van der Waals surface area contributed by atoms with Gasteiger partial charge in [-0.2, -0.15) is 0 Å². The fourth-order valence-corrected chi connectivity index (χ4v) is 2.17. The van der Waals surface area contributed by atoms with Crippen LogP contribution in [0.2, 0.25) is 0 Å². The van der Waals surface area contributed by atoms with Gasteiger partial charge in [0.25, 0.3) is 0 Å². The van der Waals surface area contributed by atoms with Gasteiger partial charge >= 0.3 is 0 Å². The van der Waals surface area contributed by atoms with Crippen LogP contribution in [0.15, 0.2) is 36.0 Å². The Hall–Kier alpha value is -0.780. The van der Waals surface area contributed by atoms with Crippen molar-refractivity contribution < 1.29 is 0 Å². The van der Waals surface area contributed by atoms with E-state index in [4.69, 9.17) is 0 Å². The zero-order valence-electron chi connectivity index (χ0n) is 8.84. The smallest absolute Gasteiger partial charge is 0.0191 e. The number of rotatable bonds is 1. The molecule has 1 aliphatic rings. The van der Waals surface area contributed by atoms with E-state index in [1.54, 1.807) is 0 Å². The maximum absolute atomic E-state index is 3.78. The highest BCUT2D eigenvalue weighted by molar-refractivity contribution is 5.35. The molecule has 13 heavy (non-hydrogen) atoms. The summed E-state index contributed by atoms with van der Waals surface area (Å²) >= 11 is 0. The van der Waals surface area contributed by atoms with Crippen LogP contribution < -0.4 is 0 Å². The van der Waals surface area contributed by atoms with Crippen molar-refractivity contribution in [3.8, 4) is 0 Å². The summed E-state index contributed by atoms with van der Waals surface area (Å²) in [5.74, 6) is 0.735. The van der Waals surface area contributed by atoms with Crippen LogP contribution in [0.4, 0.5) is 0 Å². The number of hydrogen-bond acceptors (Lipinski definition) is 0. The van der Waals surface area contributed by atoms with Gasteiger partial charge in [-0.3, -0.25) is 0 Å². The van der Waals surface area contributed by atoms with Gasteiger partial charge in [0.05, 0.1) is 0 Å². The lowest BCUT2D eigenvalue weighted by Crippen LogP contribution is -1.98. The molecule has 1 unspecified atom stereocenters. The molecule has 0 aromatic carbocycles. The zero-order chi connectivity index (χ0) is 9.68. The average molecular weight is 176 g/mol. The average Bonchev–Trinajstić information content (AvgIpc) is 2.28. The van der Waals surface area contributed by atoms with Crippen LogP contribution in [0.3, 0.4) is 0 Å². The van der Waals surface area contributed by atoms with Gasteiger partial charge in [-0.25, -0.2) is 0 Å². The first-order chi connectivity index (χ1) is 6.29. The van der Waals surface area contributed by atoms with E-state index in [9.17, 15) is 0 Å². The second-order valence-electron chi connectivity index (χ2n) is 3.82. The molecule has 72 valence electrons. The highest BCUT2D eigenvalue weighted by atomic mass is 14.2. The van der Waals surface area contributed by atoms with E-state index in [2.05, 4.69) is 32.6 Å². The molecule has 1 aliphatic carbocycles. The Labute approximate surface area is 82.0 Å². The van der Waals surface area contributed by atoms with E-state index in [1.165, 1.54) is 36.8 Å². The first-order valence-electron chi connectivity index (χ1n) is 5.27. The summed E-state index contributed by atoms with van der Waals surface area (Å²) in [6.45, 7) is 8.25. The van der Waals surface area contributed by atoms with Crippen LogP contribution in [0.25, 0.3) is 0 Å². The minimum absolute atomic E-state index is 0.735. The lowest BCUT2D eigenvalue weighted by atomic mass is 9.92. The predicted molar refractivity (Wildman–Crippen MR) is 59.7 cm³/mol. The van der Waals surface area contributed by atoms with Gasteiger partial charge in [0.15, 0.2) is 0 Å². The quantitative estimate of drug-likeness (QED) is 0.524. The van der Waals surface area contributed by atoms with Crippen LogP contribution in [0.5, 0.6) is 0 Å². The third-order valence-electron chi connectivity index (χ3n) is 2.86. The zero-order valence-corrected chi connectivity index (χ0v) is 8.84. The molecule has 1 atom stereocenters. The maximum Gasteiger partial charge on any atom is -0.0191 e. The topological polar surface area (TPSA) is 0 Å². The van der Waals surface area contributed by atoms with Gasteiger partial charge in [-0.15, -0.1) is 0 Å². The predicted octanol–water partition coefficient (Wildman–Crippen LogP) is 4.26. The van der Waals surface area contributed by atoms with Crippen molar-refractivity contribution >= 4 is 0 Å². The van der Waals surface area contributed by atoms with E-state index >= 15 is 0 Å². The van der Waals surface area contributed by atoms with Crippen molar-refractivity contribution in [2.75, 3.05) is 0 Å². The van der Waals surface area contributed by atoms with E-state index in [0.717, 1.165) is 5.92 Å². The van der Waals surface area contributed by atoms with Crippen LogP contribution in [0.1, 0.15) is 39.5 Å². The molecule has 0 nitrogen and oxygen atoms in total. The van der Waals surface area contributed by atoms with Gasteiger partial charge in [0, 0.05) is 0 Å². The third kappa shape index (κ3) is 2.58. The van der Waals surface area contributed by atoms with E-state index in [-0.39, 0.29) is 0 Å². The fraction of sp³-hybridized carbons (Fsp3) is 0.538. The third-order valence-corrected chi connectivity index (χ3v) is 2.86. The van der Waals surface area contributed by atoms with Gasteiger partial charge in [-0.1, -0.05) is 38.2 Å². The van der Waals surface area contributed by atoms with E-state index < -0.39 is 0 Å². The molecule has 0 aromatic rings. The molecule has 0 saturated heterocycles. The Morgan fingerprint density at radius 1 is 1.38 bits per heavy atom. The lowest BCUT2D eigenvalue weighted by molar-refractivity contribution is 0.597. The van der Waals surface area contributed by atoms with Crippen molar-refractivity contribution in [2.24, 2.45) is 5.92 Å². The summed E-state index contributed by atoms with van der Waals surface area (Å²) in [6, 6.07) is 0. The van der Waals surface area contributed by atoms with Crippen molar-refractivity contribution in [1.82, 2.24) is 0 Å². The normalized spacial score (nSPS) is 30.5. The van der Waals surface area contributed by atoms with E-state index in [1.807, 2.05) is 6.08 Å². The minimum Gasteiger partial charge on any atom is -0.0991 e. The Bertz CT molecular complexity index is 230. The Morgan fingerprint density at radius 2 is 2.15 bits per heavy atom. The SMILES string of the molecule is C=C/C=C1/CCCCC(C)/C1=C/C. The van der Waals surface area contributed by atoms with Gasteiger partial charge in [0.1, 0.15) is 0 Å². The molecule has 0 radical (unpaired) electrons. The number of hydrogen-bond donors (Lipinski definition) is 0. The molecular formula is C13H20. The Morgan fingerprint density at radius 3 is 2.77 bits per heavy atom. The summed E-state index contributed by atoms with van der Waals surface area (Å²) in [5.41, 5.74) is 3.04. The molecule has 0 spiro atoms. The minimum atomic E-state index is 0.735. The summed E-state index contributed by atoms with van der Waals surface area (Å²) in [7, 11) is 0. The summed E-state index contributed by atoms with van der Waals surface area (Å²) in [5, 5.41) is 0. The molecule has 0 amide bonds. The Kier molecular flexibility index (Phi) is 4.01. The maximum atomic E-state index is 3.78. The molecule has 0 heterocycles. The van der Waals surface area contributed by atoms with Crippen LogP contribution >= 0.6 is 0 Å². The van der Waals surface area contributed by atoms with Gasteiger partial charge in [0.2, 0.25) is 0 Å². The van der Waals surface area contributed by atoms with Gasteiger partial charge < -0.3 is 0 Å². The van der Waals surface area contributed by atoms with Crippen molar-refractivity contribution in [3.63, 3.8) is 0 Å². The monoisotopic (exact) mass is 176 g/mol. The molecule has 1 rings (SSSR count). The fourth-order valence-electron chi connectivity index (χ4n) is 2.17. The number of allylic oxidation sites excluding steroid dienone is 5. The molecule has 0 aromatic heterocycles. The van der Waals surface area contributed by atoms with Crippen LogP contribution in [-0.2, 0) is 0 Å². The molecule has 0 aliphatic heterocycles. The standard InChI is InChI=1S/C13H20/c1-4-8-12-10-7-6-9-11(3)13(12)5-2/h4-5,8,11H,1,6-7,9-10H2,2-3H3/b12-8-,13-5-. The molecule has 1 saturated carbocycles. The molecule has 1 fully saturated rings.